The van der Waals surface area contributed by atoms with Gasteiger partial charge in [-0.2, -0.15) is 0 Å². The van der Waals surface area contributed by atoms with E-state index in [0.717, 1.165) is 22.1 Å². The first-order chi connectivity index (χ1) is 13.6. The highest BCUT2D eigenvalue weighted by Crippen LogP contribution is 2.19. The van der Waals surface area contributed by atoms with Crippen LogP contribution in [-0.2, 0) is 17.9 Å². The number of hydrogen-bond acceptors (Lipinski definition) is 4. The van der Waals surface area contributed by atoms with E-state index in [4.69, 9.17) is 0 Å². The molecule has 5 nitrogen and oxygen atoms in total. The predicted molar refractivity (Wildman–Crippen MR) is 109 cm³/mol. The average Bonchev–Trinajstić information content (AvgIpc) is 3.04. The van der Waals surface area contributed by atoms with Crippen LogP contribution in [0.5, 0.6) is 0 Å². The third kappa shape index (κ3) is 5.19. The number of nitrogens with zero attached hydrogens (tertiary/aromatic N) is 4. The van der Waals surface area contributed by atoms with E-state index < -0.39 is 0 Å². The van der Waals surface area contributed by atoms with E-state index >= 15 is 0 Å². The number of carbonyl (C=O) groups is 1. The van der Waals surface area contributed by atoms with E-state index in [9.17, 15) is 9.18 Å². The quantitative estimate of drug-likeness (QED) is 0.540. The van der Waals surface area contributed by atoms with Gasteiger partial charge in [0.1, 0.15) is 11.6 Å². The predicted octanol–water partition coefficient (Wildman–Crippen LogP) is 3.91. The first-order valence-corrected chi connectivity index (χ1v) is 10.1. The van der Waals surface area contributed by atoms with Crippen molar-refractivity contribution in [2.45, 2.75) is 32.1 Å². The molecule has 28 heavy (non-hydrogen) atoms. The van der Waals surface area contributed by atoms with E-state index in [-0.39, 0.29) is 17.5 Å². The molecule has 1 aromatic heterocycles. The Bertz CT molecular complexity index is 929. The summed E-state index contributed by atoms with van der Waals surface area (Å²) in [5.41, 5.74) is 1.93. The van der Waals surface area contributed by atoms with Gasteiger partial charge in [-0.1, -0.05) is 54.2 Å². The third-order valence-corrected chi connectivity index (χ3v) is 5.36. The van der Waals surface area contributed by atoms with Crippen molar-refractivity contribution in [3.63, 3.8) is 0 Å². The zero-order valence-electron chi connectivity index (χ0n) is 16.0. The molecule has 0 bridgehead atoms. The van der Waals surface area contributed by atoms with Crippen LogP contribution in [0.4, 0.5) is 4.39 Å². The smallest absolute Gasteiger partial charge is 0.233 e. The molecule has 0 saturated carbocycles. The second-order valence-corrected chi connectivity index (χ2v) is 7.37. The number of rotatable bonds is 8. The molecule has 3 rings (SSSR count). The van der Waals surface area contributed by atoms with Gasteiger partial charge < -0.3 is 9.47 Å². The van der Waals surface area contributed by atoms with E-state index in [2.05, 4.69) is 22.3 Å². The number of aryl methyl sites for hydroxylation is 1. The first kappa shape index (κ1) is 20.1. The Morgan fingerprint density at radius 2 is 1.86 bits per heavy atom. The lowest BCUT2D eigenvalue weighted by atomic mass is 10.2. The van der Waals surface area contributed by atoms with Gasteiger partial charge >= 0.3 is 0 Å². The summed E-state index contributed by atoms with van der Waals surface area (Å²) in [6, 6.07) is 16.4. The van der Waals surface area contributed by atoms with Gasteiger partial charge in [0.25, 0.3) is 0 Å². The maximum absolute atomic E-state index is 13.4. The Morgan fingerprint density at radius 1 is 1.11 bits per heavy atom. The van der Waals surface area contributed by atoms with E-state index in [1.165, 1.54) is 23.9 Å². The monoisotopic (exact) mass is 398 g/mol. The lowest BCUT2D eigenvalue weighted by Crippen LogP contribution is -2.31. The van der Waals surface area contributed by atoms with Crippen LogP contribution >= 0.6 is 11.8 Å². The number of carbonyl (C=O) groups excluding carboxylic acids is 1. The van der Waals surface area contributed by atoms with Crippen LogP contribution < -0.4 is 0 Å². The molecule has 0 unspecified atom stereocenters. The summed E-state index contributed by atoms with van der Waals surface area (Å²) in [5, 5.41) is 9.10. The van der Waals surface area contributed by atoms with Gasteiger partial charge in [-0.3, -0.25) is 4.79 Å². The molecule has 146 valence electrons. The minimum atomic E-state index is -0.292. The number of hydrogen-bond donors (Lipinski definition) is 0. The summed E-state index contributed by atoms with van der Waals surface area (Å²) in [5.74, 6) is 0.769. The number of thioether (sulfide) groups is 1. The molecule has 0 aliphatic carbocycles. The Kier molecular flexibility index (Phi) is 6.81. The molecule has 0 fully saturated rings. The highest BCUT2D eigenvalue weighted by atomic mass is 32.2. The molecule has 3 aromatic rings. The molecule has 1 amide bonds. The Hall–Kier alpha value is -2.67. The minimum absolute atomic E-state index is 0.0105. The number of halogens is 1. The van der Waals surface area contributed by atoms with Crippen LogP contribution in [0.1, 0.15) is 23.9 Å². The van der Waals surface area contributed by atoms with Crippen LogP contribution in [-0.4, -0.2) is 37.9 Å². The molecule has 0 saturated heterocycles. The standard InChI is InChI=1S/C21H23FN4OS/c1-3-25(13-18-10-7-11-19(22)12-18)20(27)15-28-21-24-23-16(2)26(21)14-17-8-5-4-6-9-17/h4-12H,3,13-15H2,1-2H3. The fraction of sp³-hybridized carbons (Fsp3) is 0.286. The number of amides is 1. The fourth-order valence-electron chi connectivity index (χ4n) is 2.87. The molecule has 0 spiro atoms. The van der Waals surface area contributed by atoms with Gasteiger partial charge in [-0.15, -0.1) is 10.2 Å². The second-order valence-electron chi connectivity index (χ2n) is 6.43. The molecule has 0 aliphatic rings. The molecule has 0 atom stereocenters. The van der Waals surface area contributed by atoms with Gasteiger partial charge in [0, 0.05) is 13.1 Å². The van der Waals surface area contributed by atoms with E-state index in [1.54, 1.807) is 11.0 Å². The highest BCUT2D eigenvalue weighted by Gasteiger charge is 2.16. The van der Waals surface area contributed by atoms with Crippen LogP contribution in [0, 0.1) is 12.7 Å². The van der Waals surface area contributed by atoms with Crippen molar-refractivity contribution in [1.29, 1.82) is 0 Å². The van der Waals surface area contributed by atoms with Crippen LogP contribution in [0.2, 0.25) is 0 Å². The summed E-state index contributed by atoms with van der Waals surface area (Å²) in [4.78, 5) is 14.4. The van der Waals surface area contributed by atoms with Crippen molar-refractivity contribution in [2.75, 3.05) is 12.3 Å². The van der Waals surface area contributed by atoms with Crippen LogP contribution in [0.15, 0.2) is 59.8 Å². The summed E-state index contributed by atoms with van der Waals surface area (Å²) in [6.45, 7) is 5.44. The van der Waals surface area contributed by atoms with Crippen molar-refractivity contribution in [2.24, 2.45) is 0 Å². The molecular weight excluding hydrogens is 375 g/mol. The van der Waals surface area contributed by atoms with Crippen molar-refractivity contribution in [3.05, 3.63) is 77.4 Å². The second kappa shape index (κ2) is 9.50. The van der Waals surface area contributed by atoms with Gasteiger partial charge in [-0.25, -0.2) is 4.39 Å². The fourth-order valence-corrected chi connectivity index (χ4v) is 3.75. The largest absolute Gasteiger partial charge is 0.338 e. The van der Waals surface area contributed by atoms with Crippen molar-refractivity contribution >= 4 is 17.7 Å². The summed E-state index contributed by atoms with van der Waals surface area (Å²) >= 11 is 1.38. The topological polar surface area (TPSA) is 51.0 Å². The first-order valence-electron chi connectivity index (χ1n) is 9.15. The average molecular weight is 399 g/mol. The van der Waals surface area contributed by atoms with Crippen LogP contribution in [0.25, 0.3) is 0 Å². The van der Waals surface area contributed by atoms with Crippen LogP contribution in [0.3, 0.4) is 0 Å². The molecule has 2 aromatic carbocycles. The summed E-state index contributed by atoms with van der Waals surface area (Å²) in [6.07, 6.45) is 0. The summed E-state index contributed by atoms with van der Waals surface area (Å²) in [7, 11) is 0. The maximum Gasteiger partial charge on any atom is 0.233 e. The maximum atomic E-state index is 13.4. The van der Waals surface area contributed by atoms with Gasteiger partial charge in [0.2, 0.25) is 5.91 Å². The number of benzene rings is 2. The van der Waals surface area contributed by atoms with Gasteiger partial charge in [-0.05, 0) is 37.1 Å². The normalized spacial score (nSPS) is 10.8. The van der Waals surface area contributed by atoms with E-state index in [1.807, 2.05) is 42.7 Å². The van der Waals surface area contributed by atoms with Crippen molar-refractivity contribution in [3.8, 4) is 0 Å². The summed E-state index contributed by atoms with van der Waals surface area (Å²) < 4.78 is 15.4. The molecule has 0 aliphatic heterocycles. The zero-order chi connectivity index (χ0) is 19.9. The van der Waals surface area contributed by atoms with Crippen molar-refractivity contribution < 1.29 is 9.18 Å². The van der Waals surface area contributed by atoms with Crippen molar-refractivity contribution in [1.82, 2.24) is 19.7 Å². The Morgan fingerprint density at radius 3 is 2.57 bits per heavy atom. The lowest BCUT2D eigenvalue weighted by Gasteiger charge is -2.21. The molecule has 0 radical (unpaired) electrons. The minimum Gasteiger partial charge on any atom is -0.338 e. The lowest BCUT2D eigenvalue weighted by molar-refractivity contribution is -0.128. The molecule has 1 heterocycles. The van der Waals surface area contributed by atoms with E-state index in [0.29, 0.717) is 19.6 Å². The molecule has 7 heteroatoms. The van der Waals surface area contributed by atoms with Gasteiger partial charge in [0.05, 0.1) is 12.3 Å². The SMILES string of the molecule is CCN(Cc1cccc(F)c1)C(=O)CSc1nnc(C)n1Cc1ccccc1. The number of aromatic nitrogens is 3. The zero-order valence-corrected chi connectivity index (χ0v) is 16.8. The molecular formula is C21H23FN4OS. The molecule has 0 N–H and O–H groups in total. The third-order valence-electron chi connectivity index (χ3n) is 4.41. The van der Waals surface area contributed by atoms with Gasteiger partial charge in [0.15, 0.2) is 5.16 Å². The highest BCUT2D eigenvalue weighted by molar-refractivity contribution is 7.99. The Balaban J connectivity index is 1.63. The Labute approximate surface area is 168 Å².